The van der Waals surface area contributed by atoms with Crippen LogP contribution in [0.15, 0.2) is 36.4 Å². The fourth-order valence-electron chi connectivity index (χ4n) is 2.57. The highest BCUT2D eigenvalue weighted by molar-refractivity contribution is 5.83. The first-order valence-electron chi connectivity index (χ1n) is 5.95. The van der Waals surface area contributed by atoms with Gasteiger partial charge in [-0.05, 0) is 28.3 Å². The zero-order valence-corrected chi connectivity index (χ0v) is 10.3. The molecule has 0 saturated carbocycles. The Balaban J connectivity index is 2.31. The van der Waals surface area contributed by atoms with Gasteiger partial charge in [0.15, 0.2) is 0 Å². The van der Waals surface area contributed by atoms with Crippen molar-refractivity contribution in [3.63, 3.8) is 0 Å². The normalized spacial score (nSPS) is 14.0. The van der Waals surface area contributed by atoms with E-state index in [-0.39, 0.29) is 5.56 Å². The molecule has 0 aromatic heterocycles. The summed E-state index contributed by atoms with van der Waals surface area (Å²) in [6, 6.07) is 8.01. The molecule has 0 saturated heterocycles. The third-order valence-electron chi connectivity index (χ3n) is 3.39. The summed E-state index contributed by atoms with van der Waals surface area (Å²) in [6.45, 7) is 0. The maximum atomic E-state index is 13.1. The van der Waals surface area contributed by atoms with Crippen molar-refractivity contribution in [2.75, 3.05) is 0 Å². The van der Waals surface area contributed by atoms with E-state index < -0.39 is 29.0 Å². The van der Waals surface area contributed by atoms with Gasteiger partial charge in [0.2, 0.25) is 0 Å². The summed E-state index contributed by atoms with van der Waals surface area (Å²) >= 11 is 0. The topological polar surface area (TPSA) is 0 Å². The van der Waals surface area contributed by atoms with Gasteiger partial charge in [-0.25, -0.2) is 0 Å². The molecule has 109 valence electrons. The van der Waals surface area contributed by atoms with Crippen LogP contribution in [0.3, 0.4) is 0 Å². The van der Waals surface area contributed by atoms with Gasteiger partial charge in [0.25, 0.3) is 0 Å². The van der Waals surface area contributed by atoms with Gasteiger partial charge >= 0.3 is 12.4 Å². The van der Waals surface area contributed by atoms with E-state index in [0.717, 1.165) is 12.5 Å². The number of alkyl halides is 6. The molecule has 0 atom stereocenters. The molecular weight excluding hydrogens is 294 g/mol. The average Bonchev–Trinajstić information content (AvgIpc) is 2.73. The van der Waals surface area contributed by atoms with Gasteiger partial charge in [-0.1, -0.05) is 30.3 Å². The van der Waals surface area contributed by atoms with Crippen LogP contribution in [0, 0.1) is 6.42 Å². The van der Waals surface area contributed by atoms with Gasteiger partial charge in [-0.15, -0.1) is 0 Å². The van der Waals surface area contributed by atoms with Crippen LogP contribution in [0.1, 0.15) is 22.3 Å². The van der Waals surface area contributed by atoms with Crippen molar-refractivity contribution in [3.05, 3.63) is 65.1 Å². The van der Waals surface area contributed by atoms with Crippen molar-refractivity contribution in [2.24, 2.45) is 0 Å². The van der Waals surface area contributed by atoms with Crippen molar-refractivity contribution in [3.8, 4) is 11.1 Å². The van der Waals surface area contributed by atoms with Crippen molar-refractivity contribution in [1.29, 1.82) is 0 Å². The summed E-state index contributed by atoms with van der Waals surface area (Å²) in [5.74, 6) is 0. The lowest BCUT2D eigenvalue weighted by Crippen LogP contribution is -2.18. The molecule has 0 spiro atoms. The van der Waals surface area contributed by atoms with Crippen molar-refractivity contribution in [2.45, 2.75) is 12.4 Å². The quantitative estimate of drug-likeness (QED) is 0.494. The summed E-state index contributed by atoms with van der Waals surface area (Å²) in [5, 5.41) is 0. The molecule has 0 nitrogen and oxygen atoms in total. The lowest BCUT2D eigenvalue weighted by molar-refractivity contribution is -0.162. The fourth-order valence-corrected chi connectivity index (χ4v) is 2.57. The predicted molar refractivity (Wildman–Crippen MR) is 64.4 cm³/mol. The highest BCUT2D eigenvalue weighted by Crippen LogP contribution is 2.49. The molecule has 0 fully saturated rings. The number of hydrogen-bond donors (Lipinski definition) is 0. The standard InChI is InChI=1S/C15H7F6/c16-14(17,18)12-6-5-10-9-4-2-1-3-8(9)7-11(10)13(12)15(19,20)21/h1-7H. The molecule has 1 radical (unpaired) electrons. The van der Waals surface area contributed by atoms with Gasteiger partial charge in [0.1, 0.15) is 0 Å². The van der Waals surface area contributed by atoms with E-state index in [9.17, 15) is 26.3 Å². The first kappa shape index (κ1) is 14.0. The number of halogens is 6. The lowest BCUT2D eigenvalue weighted by Gasteiger charge is -2.19. The van der Waals surface area contributed by atoms with Crippen LogP contribution in [-0.2, 0) is 12.4 Å². The summed E-state index contributed by atoms with van der Waals surface area (Å²) in [4.78, 5) is 0. The van der Waals surface area contributed by atoms with Gasteiger partial charge in [0.05, 0.1) is 11.1 Å². The molecule has 0 heterocycles. The van der Waals surface area contributed by atoms with E-state index in [4.69, 9.17) is 0 Å². The van der Waals surface area contributed by atoms with Crippen molar-refractivity contribution >= 4 is 0 Å². The van der Waals surface area contributed by atoms with E-state index in [1.54, 1.807) is 24.3 Å². The third kappa shape index (κ3) is 2.18. The highest BCUT2D eigenvalue weighted by Gasteiger charge is 2.46. The van der Waals surface area contributed by atoms with Crippen LogP contribution >= 0.6 is 0 Å². The molecule has 0 amide bonds. The molecule has 6 heteroatoms. The van der Waals surface area contributed by atoms with Crippen LogP contribution in [0.5, 0.6) is 0 Å². The number of benzene rings is 2. The first-order chi connectivity index (χ1) is 9.69. The molecule has 1 aliphatic carbocycles. The SMILES string of the molecule is FC(F)(F)c1ccc2c(c1C(F)(F)F)[CH]c1ccccc1-2. The summed E-state index contributed by atoms with van der Waals surface area (Å²) < 4.78 is 78.0. The van der Waals surface area contributed by atoms with E-state index >= 15 is 0 Å². The lowest BCUT2D eigenvalue weighted by atomic mass is 9.95. The van der Waals surface area contributed by atoms with Crippen LogP contribution < -0.4 is 0 Å². The second-order valence-electron chi connectivity index (χ2n) is 4.68. The molecule has 3 rings (SSSR count). The van der Waals surface area contributed by atoms with Gasteiger partial charge in [-0.2, -0.15) is 26.3 Å². The van der Waals surface area contributed by atoms with Crippen molar-refractivity contribution < 1.29 is 26.3 Å². The van der Waals surface area contributed by atoms with Crippen LogP contribution in [0.25, 0.3) is 11.1 Å². The monoisotopic (exact) mass is 301 g/mol. The number of hydrogen-bond acceptors (Lipinski definition) is 0. The van der Waals surface area contributed by atoms with Crippen LogP contribution in [-0.4, -0.2) is 0 Å². The summed E-state index contributed by atoms with van der Waals surface area (Å²) in [6.07, 6.45) is -8.97. The first-order valence-corrected chi connectivity index (χ1v) is 5.95. The Morgan fingerprint density at radius 2 is 1.33 bits per heavy atom. The fraction of sp³-hybridized carbons (Fsp3) is 0.133. The molecule has 2 aromatic carbocycles. The van der Waals surface area contributed by atoms with Gasteiger partial charge in [0, 0.05) is 6.42 Å². The van der Waals surface area contributed by atoms with Crippen LogP contribution in [0.2, 0.25) is 0 Å². The summed E-state index contributed by atoms with van der Waals surface area (Å²) in [5.41, 5.74) is -2.53. The molecule has 2 aromatic rings. The van der Waals surface area contributed by atoms with Crippen LogP contribution in [0.4, 0.5) is 26.3 Å². The Labute approximate surface area is 116 Å². The number of fused-ring (bicyclic) bond motifs is 3. The molecule has 0 N–H and O–H groups in total. The predicted octanol–water partition coefficient (Wildman–Crippen LogP) is 5.31. The Bertz CT molecular complexity index is 709. The van der Waals surface area contributed by atoms with E-state index in [1.165, 1.54) is 0 Å². The molecule has 0 unspecified atom stereocenters. The van der Waals surface area contributed by atoms with Gasteiger partial charge in [-0.3, -0.25) is 0 Å². The minimum Gasteiger partial charge on any atom is -0.166 e. The number of rotatable bonds is 0. The zero-order chi connectivity index (χ0) is 15.4. The molecular formula is C15H7F6. The maximum Gasteiger partial charge on any atom is 0.417 e. The Kier molecular flexibility index (Phi) is 2.83. The second kappa shape index (κ2) is 4.26. The maximum absolute atomic E-state index is 13.1. The van der Waals surface area contributed by atoms with Gasteiger partial charge < -0.3 is 0 Å². The minimum atomic E-state index is -5.07. The Morgan fingerprint density at radius 3 is 1.95 bits per heavy atom. The largest absolute Gasteiger partial charge is 0.417 e. The third-order valence-corrected chi connectivity index (χ3v) is 3.39. The van der Waals surface area contributed by atoms with E-state index in [0.29, 0.717) is 17.2 Å². The minimum absolute atomic E-state index is 0.172. The second-order valence-corrected chi connectivity index (χ2v) is 4.68. The molecule has 0 aliphatic heterocycles. The Morgan fingerprint density at radius 1 is 0.667 bits per heavy atom. The smallest absolute Gasteiger partial charge is 0.166 e. The van der Waals surface area contributed by atoms with E-state index in [1.807, 2.05) is 0 Å². The Hall–Kier alpha value is -1.98. The van der Waals surface area contributed by atoms with Crippen molar-refractivity contribution in [1.82, 2.24) is 0 Å². The average molecular weight is 301 g/mol. The molecule has 1 aliphatic rings. The summed E-state index contributed by atoms with van der Waals surface area (Å²) in [7, 11) is 0. The highest BCUT2D eigenvalue weighted by atomic mass is 19.4. The zero-order valence-electron chi connectivity index (χ0n) is 10.3. The molecule has 21 heavy (non-hydrogen) atoms. The van der Waals surface area contributed by atoms with E-state index in [2.05, 4.69) is 0 Å². The molecule has 0 bridgehead atoms.